The van der Waals surface area contributed by atoms with Gasteiger partial charge in [0.2, 0.25) is 17.6 Å². The molecule has 2 N–H and O–H groups in total. The molecule has 1 atom stereocenters. The lowest BCUT2D eigenvalue weighted by atomic mass is 10.2. The predicted octanol–water partition coefficient (Wildman–Crippen LogP) is -0.217. The molecule has 0 bridgehead atoms. The fourth-order valence-corrected chi connectivity index (χ4v) is 3.01. The third-order valence-electron chi connectivity index (χ3n) is 4.38. The van der Waals surface area contributed by atoms with Gasteiger partial charge in [0.15, 0.2) is 5.69 Å². The summed E-state index contributed by atoms with van der Waals surface area (Å²) in [6.07, 6.45) is 3.81. The van der Waals surface area contributed by atoms with Gasteiger partial charge in [-0.1, -0.05) is 5.16 Å². The molecule has 1 fully saturated rings. The van der Waals surface area contributed by atoms with E-state index >= 15 is 0 Å². The fraction of sp³-hybridized carbons (Fsp3) is 0.438. The number of aromatic nitrogens is 3. The molecule has 1 saturated heterocycles. The lowest BCUT2D eigenvalue weighted by Crippen LogP contribution is -2.45. The number of likely N-dealkylation sites (N-methyl/N-ethyl adjacent to an activating group) is 1. The van der Waals surface area contributed by atoms with Gasteiger partial charge in [0, 0.05) is 27.7 Å². The predicted molar refractivity (Wildman–Crippen MR) is 94.7 cm³/mol. The van der Waals surface area contributed by atoms with Crippen molar-refractivity contribution in [1.29, 1.82) is 0 Å². The van der Waals surface area contributed by atoms with Gasteiger partial charge in [-0.3, -0.25) is 19.0 Å². The van der Waals surface area contributed by atoms with Crippen molar-refractivity contribution in [1.82, 2.24) is 19.6 Å². The van der Waals surface area contributed by atoms with E-state index in [0.29, 0.717) is 13.0 Å². The number of nitrogens with one attached hydrogen (secondary N) is 1. The summed E-state index contributed by atoms with van der Waals surface area (Å²) >= 11 is 0. The molecule has 0 radical (unpaired) electrons. The van der Waals surface area contributed by atoms with Crippen molar-refractivity contribution in [3.8, 4) is 5.75 Å². The average molecular weight is 376 g/mol. The Hall–Kier alpha value is -3.37. The van der Waals surface area contributed by atoms with Crippen molar-refractivity contribution in [2.45, 2.75) is 18.9 Å². The van der Waals surface area contributed by atoms with E-state index < -0.39 is 29.0 Å². The van der Waals surface area contributed by atoms with Crippen LogP contribution in [0.5, 0.6) is 5.75 Å². The molecule has 0 saturated carbocycles. The minimum Gasteiger partial charge on any atom is -0.501 e. The summed E-state index contributed by atoms with van der Waals surface area (Å²) < 4.78 is 5.76. The molecule has 11 heteroatoms. The summed E-state index contributed by atoms with van der Waals surface area (Å²) in [7, 11) is 4.74. The van der Waals surface area contributed by atoms with Crippen molar-refractivity contribution < 1.29 is 19.2 Å². The monoisotopic (exact) mass is 376 g/mol. The summed E-state index contributed by atoms with van der Waals surface area (Å²) in [6.45, 7) is 0.502. The number of carbonyl (C=O) groups excluding carboxylic acids is 2. The third-order valence-corrected chi connectivity index (χ3v) is 4.38. The maximum Gasteiger partial charge on any atom is 0.297 e. The molecule has 2 amide bonds. The second-order valence-corrected chi connectivity index (χ2v) is 6.42. The van der Waals surface area contributed by atoms with Crippen LogP contribution in [0.3, 0.4) is 0 Å². The van der Waals surface area contributed by atoms with Crippen LogP contribution in [0.25, 0.3) is 0 Å². The smallest absolute Gasteiger partial charge is 0.297 e. The van der Waals surface area contributed by atoms with Crippen LogP contribution in [0, 0.1) is 0 Å². The molecule has 27 heavy (non-hydrogen) atoms. The Balaban J connectivity index is 2.01. The maximum atomic E-state index is 12.4. The largest absolute Gasteiger partial charge is 0.501 e. The van der Waals surface area contributed by atoms with Crippen LogP contribution in [0.15, 0.2) is 21.8 Å². The van der Waals surface area contributed by atoms with E-state index in [1.165, 1.54) is 24.4 Å². The van der Waals surface area contributed by atoms with Gasteiger partial charge in [-0.15, -0.1) is 0 Å². The van der Waals surface area contributed by atoms with Gasteiger partial charge < -0.3 is 24.7 Å². The first-order chi connectivity index (χ1) is 12.8. The lowest BCUT2D eigenvalue weighted by Gasteiger charge is -2.28. The van der Waals surface area contributed by atoms with Gasteiger partial charge in [-0.2, -0.15) is 0 Å². The van der Waals surface area contributed by atoms with Crippen LogP contribution in [0.1, 0.15) is 23.3 Å². The zero-order valence-corrected chi connectivity index (χ0v) is 15.2. The van der Waals surface area contributed by atoms with E-state index in [0.717, 1.165) is 11.0 Å². The molecule has 0 unspecified atom stereocenters. The molecular weight excluding hydrogens is 356 g/mol. The quantitative estimate of drug-likeness (QED) is 0.748. The highest BCUT2D eigenvalue weighted by Gasteiger charge is 2.35. The number of nitrogens with zero attached hydrogens (tertiary/aromatic N) is 5. The van der Waals surface area contributed by atoms with E-state index in [-0.39, 0.29) is 17.5 Å². The Labute approximate surface area is 154 Å². The number of amides is 2. The van der Waals surface area contributed by atoms with E-state index in [1.807, 2.05) is 0 Å². The standard InChI is InChI=1S/C16H20N6O5/c1-20(2)14(25)10-5-4-6-22(10)16-19-11(12(23)15(26)21(16)3)13(24)18-9-7-17-27-8-9/h7-8,10,23H,4-6H2,1-3H3,(H,18,24)/t10-/m1/s1. The third kappa shape index (κ3) is 3.35. The fourth-order valence-electron chi connectivity index (χ4n) is 3.01. The lowest BCUT2D eigenvalue weighted by molar-refractivity contribution is -0.129. The van der Waals surface area contributed by atoms with Crippen LogP contribution in [0.4, 0.5) is 11.6 Å². The highest BCUT2D eigenvalue weighted by Crippen LogP contribution is 2.26. The molecule has 3 heterocycles. The first-order valence-electron chi connectivity index (χ1n) is 8.29. The van der Waals surface area contributed by atoms with Crippen LogP contribution >= 0.6 is 0 Å². The molecule has 1 aliphatic heterocycles. The molecule has 2 aromatic heterocycles. The van der Waals surface area contributed by atoms with E-state index in [4.69, 9.17) is 0 Å². The first kappa shape index (κ1) is 18.4. The van der Waals surface area contributed by atoms with Crippen molar-refractivity contribution in [2.75, 3.05) is 30.9 Å². The van der Waals surface area contributed by atoms with E-state index in [1.54, 1.807) is 19.0 Å². The van der Waals surface area contributed by atoms with Gasteiger partial charge in [-0.25, -0.2) is 4.98 Å². The zero-order valence-electron chi connectivity index (χ0n) is 15.2. The summed E-state index contributed by atoms with van der Waals surface area (Å²) in [5.74, 6) is -1.54. The minimum atomic E-state index is -0.788. The van der Waals surface area contributed by atoms with Gasteiger partial charge in [0.05, 0.1) is 6.20 Å². The minimum absolute atomic E-state index is 0.120. The van der Waals surface area contributed by atoms with Crippen molar-refractivity contribution in [2.24, 2.45) is 7.05 Å². The number of anilines is 2. The van der Waals surface area contributed by atoms with Crippen molar-refractivity contribution in [3.63, 3.8) is 0 Å². The molecule has 0 aromatic carbocycles. The molecule has 11 nitrogen and oxygen atoms in total. The number of rotatable bonds is 4. The Morgan fingerprint density at radius 3 is 2.78 bits per heavy atom. The average Bonchev–Trinajstić information content (AvgIpc) is 3.31. The van der Waals surface area contributed by atoms with Gasteiger partial charge in [0.25, 0.3) is 11.5 Å². The summed E-state index contributed by atoms with van der Waals surface area (Å²) in [4.78, 5) is 44.7. The SMILES string of the molecule is CN(C)C(=O)[C@H]1CCCN1c1nc(C(=O)Nc2cnoc2)c(O)c(=O)n1C. The maximum absolute atomic E-state index is 12.4. The number of carbonyl (C=O) groups is 2. The second-order valence-electron chi connectivity index (χ2n) is 6.42. The van der Waals surface area contributed by atoms with E-state index in [2.05, 4.69) is 20.0 Å². The van der Waals surface area contributed by atoms with Gasteiger partial charge >= 0.3 is 0 Å². The van der Waals surface area contributed by atoms with Gasteiger partial charge in [0.1, 0.15) is 18.0 Å². The van der Waals surface area contributed by atoms with Crippen LogP contribution in [-0.2, 0) is 11.8 Å². The molecule has 144 valence electrons. The molecule has 0 aliphatic carbocycles. The number of hydrogen-bond donors (Lipinski definition) is 2. The van der Waals surface area contributed by atoms with Crippen molar-refractivity contribution >= 4 is 23.5 Å². The molecule has 1 aliphatic rings. The molecule has 2 aromatic rings. The summed E-state index contributed by atoms with van der Waals surface area (Å²) in [5, 5.41) is 16.0. The van der Waals surface area contributed by atoms with Gasteiger partial charge in [-0.05, 0) is 12.8 Å². The highest BCUT2D eigenvalue weighted by atomic mass is 16.5. The zero-order chi connectivity index (χ0) is 19.7. The van der Waals surface area contributed by atoms with Crippen LogP contribution in [-0.4, -0.2) is 63.2 Å². The molecular formula is C16H20N6O5. The molecule has 0 spiro atoms. The molecule has 3 rings (SSSR count). The summed E-state index contributed by atoms with van der Waals surface area (Å²) in [5.41, 5.74) is -0.957. The topological polar surface area (TPSA) is 134 Å². The van der Waals surface area contributed by atoms with Crippen molar-refractivity contribution in [3.05, 3.63) is 28.5 Å². The number of aromatic hydroxyl groups is 1. The van der Waals surface area contributed by atoms with Crippen LogP contribution in [0.2, 0.25) is 0 Å². The first-order valence-corrected chi connectivity index (χ1v) is 8.29. The Morgan fingerprint density at radius 2 is 2.15 bits per heavy atom. The van der Waals surface area contributed by atoms with Crippen LogP contribution < -0.4 is 15.8 Å². The Kier molecular flexibility index (Phi) is 4.84. The normalized spacial score (nSPS) is 16.4. The Morgan fingerprint density at radius 1 is 1.41 bits per heavy atom. The second kappa shape index (κ2) is 7.09. The summed E-state index contributed by atoms with van der Waals surface area (Å²) in [6, 6.07) is -0.489. The Bertz CT molecular complexity index is 920. The van der Waals surface area contributed by atoms with E-state index in [9.17, 15) is 19.5 Å². The highest BCUT2D eigenvalue weighted by molar-refractivity contribution is 6.04. The number of hydrogen-bond acceptors (Lipinski definition) is 8.